The lowest BCUT2D eigenvalue weighted by Crippen LogP contribution is -2.45. The van der Waals surface area contributed by atoms with E-state index in [0.29, 0.717) is 0 Å². The molecule has 3 aliphatic rings. The van der Waals surface area contributed by atoms with Crippen LogP contribution in [0.2, 0.25) is 0 Å². The van der Waals surface area contributed by atoms with Crippen LogP contribution in [0.3, 0.4) is 0 Å². The van der Waals surface area contributed by atoms with E-state index in [0.717, 1.165) is 29.8 Å². The highest BCUT2D eigenvalue weighted by molar-refractivity contribution is 6.20. The van der Waals surface area contributed by atoms with Gasteiger partial charge in [-0.15, -0.1) is 0 Å². The summed E-state index contributed by atoms with van der Waals surface area (Å²) >= 11 is 0. The molecule has 0 bridgehead atoms. The van der Waals surface area contributed by atoms with Gasteiger partial charge in [0, 0.05) is 5.56 Å². The molecule has 9 rings (SSSR count). The van der Waals surface area contributed by atoms with E-state index < -0.39 is 0 Å². The van der Waals surface area contributed by atoms with Crippen LogP contribution in [0.15, 0.2) is 157 Å². The van der Waals surface area contributed by atoms with E-state index in [1.807, 2.05) is 0 Å². The number of hydrogen-bond acceptors (Lipinski definition) is 3. The smallest absolute Gasteiger partial charge is 0.131 e. The Hall–Kier alpha value is -5.51. The van der Waals surface area contributed by atoms with E-state index in [4.69, 9.17) is 4.99 Å². The van der Waals surface area contributed by atoms with Crippen molar-refractivity contribution in [3.05, 3.63) is 174 Å². The van der Waals surface area contributed by atoms with Crippen molar-refractivity contribution in [1.29, 1.82) is 0 Å². The number of benzene rings is 6. The van der Waals surface area contributed by atoms with Crippen molar-refractivity contribution in [2.75, 3.05) is 0 Å². The van der Waals surface area contributed by atoms with Gasteiger partial charge in [-0.05, 0) is 91.4 Å². The van der Waals surface area contributed by atoms with Crippen molar-refractivity contribution < 1.29 is 0 Å². The Morgan fingerprint density at radius 1 is 0.565 bits per heavy atom. The van der Waals surface area contributed by atoms with Gasteiger partial charge in [-0.3, -0.25) is 5.32 Å². The molecule has 0 aromatic heterocycles. The Bertz CT molecular complexity index is 2190. The summed E-state index contributed by atoms with van der Waals surface area (Å²) in [7, 11) is 0. The van der Waals surface area contributed by atoms with Crippen LogP contribution in [0.25, 0.3) is 49.7 Å². The van der Waals surface area contributed by atoms with Gasteiger partial charge < -0.3 is 5.32 Å². The van der Waals surface area contributed by atoms with Crippen molar-refractivity contribution in [3.63, 3.8) is 0 Å². The van der Waals surface area contributed by atoms with Crippen molar-refractivity contribution in [2.45, 2.75) is 25.2 Å². The molecule has 2 aliphatic carbocycles. The number of nitrogens with zero attached hydrogens (tertiary/aromatic N) is 1. The molecule has 3 nitrogen and oxygen atoms in total. The lowest BCUT2D eigenvalue weighted by molar-refractivity contribution is 0.409. The van der Waals surface area contributed by atoms with Crippen molar-refractivity contribution in [1.82, 2.24) is 10.6 Å². The fourth-order valence-corrected chi connectivity index (χ4v) is 7.36. The van der Waals surface area contributed by atoms with Gasteiger partial charge in [-0.25, -0.2) is 4.99 Å². The first-order chi connectivity index (χ1) is 22.8. The fourth-order valence-electron chi connectivity index (χ4n) is 7.36. The molecule has 0 fully saturated rings. The highest BCUT2D eigenvalue weighted by Gasteiger charge is 2.31. The molecule has 220 valence electrons. The molecule has 0 saturated carbocycles. The molecular weight excluding hydrogens is 558 g/mol. The highest BCUT2D eigenvalue weighted by atomic mass is 15.3. The van der Waals surface area contributed by atoms with Gasteiger partial charge in [0.2, 0.25) is 0 Å². The zero-order valence-electron chi connectivity index (χ0n) is 25.4. The van der Waals surface area contributed by atoms with E-state index in [9.17, 15) is 0 Å². The second kappa shape index (κ2) is 11.1. The van der Waals surface area contributed by atoms with Gasteiger partial charge in [0.25, 0.3) is 0 Å². The summed E-state index contributed by atoms with van der Waals surface area (Å²) in [6.07, 6.45) is 8.84. The molecule has 0 radical (unpaired) electrons. The Morgan fingerprint density at radius 3 is 2.04 bits per heavy atom. The highest BCUT2D eigenvalue weighted by Crippen LogP contribution is 2.53. The Balaban J connectivity index is 1.25. The minimum atomic E-state index is -0.235. The minimum absolute atomic E-state index is 0.0848. The summed E-state index contributed by atoms with van der Waals surface area (Å²) in [5.41, 5.74) is 13.7. The maximum atomic E-state index is 5.32. The average Bonchev–Trinajstić information content (AvgIpc) is 3.47. The topological polar surface area (TPSA) is 36.4 Å². The Morgan fingerprint density at radius 2 is 1.28 bits per heavy atom. The monoisotopic (exact) mass is 591 g/mol. The molecule has 3 heteroatoms. The van der Waals surface area contributed by atoms with Gasteiger partial charge in [0.05, 0.1) is 0 Å². The zero-order chi connectivity index (χ0) is 30.5. The normalized spacial score (nSPS) is 18.1. The maximum absolute atomic E-state index is 5.32. The molecule has 2 unspecified atom stereocenters. The molecule has 0 saturated heterocycles. The number of hydrogen-bond donors (Lipinski definition) is 2. The second-order valence-corrected chi connectivity index (χ2v) is 12.3. The molecule has 46 heavy (non-hydrogen) atoms. The number of aliphatic imine (C=N–C) groups is 1. The van der Waals surface area contributed by atoms with Gasteiger partial charge in [-0.1, -0.05) is 140 Å². The third-order valence-corrected chi connectivity index (χ3v) is 9.51. The molecular formula is C43H33N3. The van der Waals surface area contributed by atoms with Crippen LogP contribution in [-0.2, 0) is 0 Å². The largest absolute Gasteiger partial charge is 0.350 e. The molecule has 6 aromatic rings. The van der Waals surface area contributed by atoms with Gasteiger partial charge >= 0.3 is 0 Å². The summed E-state index contributed by atoms with van der Waals surface area (Å²) < 4.78 is 0. The Labute approximate surface area is 269 Å². The first-order valence-corrected chi connectivity index (χ1v) is 16.2. The number of amidine groups is 1. The first kappa shape index (κ1) is 26.9. The van der Waals surface area contributed by atoms with E-state index in [1.54, 1.807) is 0 Å². The van der Waals surface area contributed by atoms with Crippen LogP contribution in [0, 0.1) is 0 Å². The van der Waals surface area contributed by atoms with Crippen LogP contribution >= 0.6 is 0 Å². The summed E-state index contributed by atoms with van der Waals surface area (Å²) in [6, 6.07) is 48.0. The van der Waals surface area contributed by atoms with Gasteiger partial charge in [0.1, 0.15) is 18.2 Å². The third-order valence-electron chi connectivity index (χ3n) is 9.51. The van der Waals surface area contributed by atoms with Crippen molar-refractivity contribution >= 4 is 22.2 Å². The maximum Gasteiger partial charge on any atom is 0.131 e. The minimum Gasteiger partial charge on any atom is -0.350 e. The summed E-state index contributed by atoms with van der Waals surface area (Å²) in [6.45, 7) is 0. The second-order valence-electron chi connectivity index (χ2n) is 12.3. The quantitative estimate of drug-likeness (QED) is 0.209. The van der Waals surface area contributed by atoms with Crippen LogP contribution in [0.4, 0.5) is 0 Å². The first-order valence-electron chi connectivity index (χ1n) is 16.2. The van der Waals surface area contributed by atoms with E-state index >= 15 is 0 Å². The SMILES string of the molecule is C1=CC(c2cc(C3N=C(c4ccccc4)NC(c4ccccc4)N3)cc3c2-c2cccc4c(-c5ccccc5)ccc-3c24)=CCC1. The van der Waals surface area contributed by atoms with Crippen molar-refractivity contribution in [3.8, 4) is 33.4 Å². The third kappa shape index (κ3) is 4.51. The number of nitrogens with one attached hydrogen (secondary N) is 2. The molecule has 1 heterocycles. The molecule has 0 amide bonds. The number of fused-ring (bicyclic) bond motifs is 3. The van der Waals surface area contributed by atoms with Crippen molar-refractivity contribution in [2.24, 2.45) is 4.99 Å². The van der Waals surface area contributed by atoms with Crippen LogP contribution in [0.1, 0.15) is 47.4 Å². The molecule has 2 N–H and O–H groups in total. The van der Waals surface area contributed by atoms with Gasteiger partial charge in [-0.2, -0.15) is 0 Å². The lowest BCUT2D eigenvalue weighted by atomic mass is 9.88. The molecule has 1 aliphatic heterocycles. The van der Waals surface area contributed by atoms with Crippen LogP contribution in [0.5, 0.6) is 0 Å². The summed E-state index contributed by atoms with van der Waals surface area (Å²) in [5.74, 6) is 0.898. The van der Waals surface area contributed by atoms with Gasteiger partial charge in [0.15, 0.2) is 0 Å². The number of allylic oxidation sites excluding steroid dienone is 4. The van der Waals surface area contributed by atoms with Crippen LogP contribution < -0.4 is 10.6 Å². The molecule has 0 spiro atoms. The Kier molecular flexibility index (Phi) is 6.50. The van der Waals surface area contributed by atoms with E-state index in [2.05, 4.69) is 162 Å². The predicted molar refractivity (Wildman–Crippen MR) is 191 cm³/mol. The van der Waals surface area contributed by atoms with Crippen LogP contribution in [-0.4, -0.2) is 5.84 Å². The van der Waals surface area contributed by atoms with E-state index in [-0.39, 0.29) is 12.3 Å². The molecule has 6 aromatic carbocycles. The van der Waals surface area contributed by atoms with E-state index in [1.165, 1.54) is 60.9 Å². The summed E-state index contributed by atoms with van der Waals surface area (Å²) in [4.78, 5) is 5.32. The standard InChI is InChI=1S/C43H33N3/c1-5-14-28(15-6-1)33-24-25-35-38-27-32(26-37(29-16-7-2-8-17-29)40(38)36-23-13-22-34(33)39(35)36)43-45-41(30-18-9-3-10-19-30)44-42(46-43)31-20-11-4-12-21-31/h1,3-7,9-27,41,43,45H,2,8H2,(H,44,46). The number of rotatable bonds is 5. The molecule has 2 atom stereocenters. The predicted octanol–water partition coefficient (Wildman–Crippen LogP) is 10.2. The summed E-state index contributed by atoms with van der Waals surface area (Å²) in [5, 5.41) is 10.2. The zero-order valence-corrected chi connectivity index (χ0v) is 25.4. The lowest BCUT2D eigenvalue weighted by Gasteiger charge is -2.32. The fraction of sp³-hybridized carbons (Fsp3) is 0.0930. The average molecular weight is 592 g/mol.